The molecule has 0 radical (unpaired) electrons. The van der Waals surface area contributed by atoms with E-state index in [0.29, 0.717) is 12.0 Å². The van der Waals surface area contributed by atoms with Gasteiger partial charge >= 0.3 is 7.12 Å². The predicted octanol–water partition coefficient (Wildman–Crippen LogP) is 1.13. The van der Waals surface area contributed by atoms with Crippen LogP contribution < -0.4 is 5.46 Å². The molecule has 0 saturated carbocycles. The Bertz CT molecular complexity index is 439. The van der Waals surface area contributed by atoms with Crippen molar-refractivity contribution in [3.05, 3.63) is 29.6 Å². The highest BCUT2D eigenvalue weighted by atomic mass is 19.1. The minimum Gasteiger partial charge on any atom is -0.423 e. The number of hydrogen-bond acceptors (Lipinski definition) is 3. The van der Waals surface area contributed by atoms with Crippen LogP contribution in [0.2, 0.25) is 0 Å². The summed E-state index contributed by atoms with van der Waals surface area (Å²) in [5, 5.41) is 18.3. The van der Waals surface area contributed by atoms with Crippen molar-refractivity contribution in [1.82, 2.24) is 4.90 Å². The summed E-state index contributed by atoms with van der Waals surface area (Å²) in [6.07, 6.45) is 2.40. The van der Waals surface area contributed by atoms with Gasteiger partial charge in [0.25, 0.3) is 0 Å². The molecule has 1 unspecified atom stereocenters. The Morgan fingerprint density at radius 2 is 2.16 bits per heavy atom. The van der Waals surface area contributed by atoms with Crippen LogP contribution in [0.3, 0.4) is 0 Å². The van der Waals surface area contributed by atoms with Gasteiger partial charge in [-0.2, -0.15) is 0 Å². The quantitative estimate of drug-likeness (QED) is 0.802. The molecule has 3 nitrogen and oxygen atoms in total. The summed E-state index contributed by atoms with van der Waals surface area (Å²) in [4.78, 5) is 2.39. The molecule has 1 aliphatic heterocycles. The largest absolute Gasteiger partial charge is 0.491 e. The topological polar surface area (TPSA) is 43.7 Å². The zero-order valence-electron chi connectivity index (χ0n) is 11.5. The first-order valence-electron chi connectivity index (χ1n) is 6.87. The lowest BCUT2D eigenvalue weighted by Crippen LogP contribution is -2.35. The van der Waals surface area contributed by atoms with Gasteiger partial charge < -0.3 is 10.0 Å². The minimum absolute atomic E-state index is 0.0437. The van der Waals surface area contributed by atoms with Gasteiger partial charge in [-0.25, -0.2) is 4.39 Å². The summed E-state index contributed by atoms with van der Waals surface area (Å²) in [6, 6.07) is 5.14. The molecule has 19 heavy (non-hydrogen) atoms. The van der Waals surface area contributed by atoms with Gasteiger partial charge in [0.15, 0.2) is 0 Å². The molecule has 5 heteroatoms. The third-order valence-electron chi connectivity index (χ3n) is 3.91. The molecule has 1 aliphatic rings. The molecule has 0 bridgehead atoms. The first-order valence-corrected chi connectivity index (χ1v) is 6.87. The Hall–Kier alpha value is -0.905. The van der Waals surface area contributed by atoms with Crippen LogP contribution in [-0.4, -0.2) is 34.7 Å². The van der Waals surface area contributed by atoms with Crippen molar-refractivity contribution in [3.8, 4) is 0 Å². The van der Waals surface area contributed by atoms with Crippen molar-refractivity contribution in [2.45, 2.75) is 39.3 Å². The molecule has 1 saturated heterocycles. The fourth-order valence-electron chi connectivity index (χ4n) is 2.93. The SMILES string of the molecule is CC(C)C1CCCN1Cc1ccc(F)c(B(O)O)c1. The Labute approximate surface area is 114 Å². The number of hydrogen-bond donors (Lipinski definition) is 2. The van der Waals surface area contributed by atoms with Crippen LogP contribution >= 0.6 is 0 Å². The number of rotatable bonds is 4. The number of halogens is 1. The summed E-state index contributed by atoms with van der Waals surface area (Å²) in [5.74, 6) is 0.0337. The zero-order valence-corrected chi connectivity index (χ0v) is 11.5. The third-order valence-corrected chi connectivity index (χ3v) is 3.91. The highest BCUT2D eigenvalue weighted by molar-refractivity contribution is 6.58. The highest BCUT2D eigenvalue weighted by Crippen LogP contribution is 2.25. The average molecular weight is 265 g/mol. The van der Waals surface area contributed by atoms with E-state index in [0.717, 1.165) is 18.7 Å². The van der Waals surface area contributed by atoms with Crippen molar-refractivity contribution in [1.29, 1.82) is 0 Å². The standard InChI is InChI=1S/C14H21BFNO2/c1-10(2)14-4-3-7-17(14)9-11-5-6-13(16)12(8-11)15(18)19/h5-6,8,10,14,18-19H,3-4,7,9H2,1-2H3. The molecular weight excluding hydrogens is 244 g/mol. The smallest absolute Gasteiger partial charge is 0.423 e. The van der Waals surface area contributed by atoms with Crippen molar-refractivity contribution < 1.29 is 14.4 Å². The van der Waals surface area contributed by atoms with Crippen molar-refractivity contribution in [2.24, 2.45) is 5.92 Å². The monoisotopic (exact) mass is 265 g/mol. The normalized spacial score (nSPS) is 20.2. The molecular formula is C14H21BFNO2. The maximum absolute atomic E-state index is 13.4. The van der Waals surface area contributed by atoms with Gasteiger partial charge in [0.2, 0.25) is 0 Å². The fourth-order valence-corrected chi connectivity index (χ4v) is 2.93. The molecule has 2 N–H and O–H groups in total. The van der Waals surface area contributed by atoms with E-state index in [4.69, 9.17) is 10.0 Å². The summed E-state index contributed by atoms with van der Waals surface area (Å²) in [7, 11) is -1.75. The van der Waals surface area contributed by atoms with Gasteiger partial charge in [0.05, 0.1) is 0 Å². The Kier molecular flexibility index (Phi) is 4.60. The molecule has 1 aromatic carbocycles. The average Bonchev–Trinajstić information content (AvgIpc) is 2.79. The molecule has 104 valence electrons. The van der Waals surface area contributed by atoms with E-state index in [-0.39, 0.29) is 5.46 Å². The molecule has 2 rings (SSSR count). The van der Waals surface area contributed by atoms with Crippen LogP contribution in [0.1, 0.15) is 32.3 Å². The first-order chi connectivity index (χ1) is 8.99. The number of likely N-dealkylation sites (tertiary alicyclic amines) is 1. The van der Waals surface area contributed by atoms with E-state index >= 15 is 0 Å². The summed E-state index contributed by atoms with van der Waals surface area (Å²) >= 11 is 0. The maximum Gasteiger partial charge on any atom is 0.491 e. The van der Waals surface area contributed by atoms with Gasteiger partial charge in [-0.05, 0) is 36.9 Å². The number of nitrogens with zero attached hydrogens (tertiary/aromatic N) is 1. The summed E-state index contributed by atoms with van der Waals surface area (Å²) in [5.41, 5.74) is 0.884. The Morgan fingerprint density at radius 3 is 2.79 bits per heavy atom. The fraction of sp³-hybridized carbons (Fsp3) is 0.571. The van der Waals surface area contributed by atoms with Crippen LogP contribution in [0.15, 0.2) is 18.2 Å². The molecule has 0 amide bonds. The predicted molar refractivity (Wildman–Crippen MR) is 74.5 cm³/mol. The van der Waals surface area contributed by atoms with Crippen molar-refractivity contribution >= 4 is 12.6 Å². The van der Waals surface area contributed by atoms with Crippen LogP contribution in [-0.2, 0) is 6.54 Å². The second-order valence-electron chi connectivity index (χ2n) is 5.65. The molecule has 1 atom stereocenters. The maximum atomic E-state index is 13.4. The molecule has 1 aromatic rings. The molecule has 1 heterocycles. The van der Waals surface area contributed by atoms with E-state index in [9.17, 15) is 4.39 Å². The van der Waals surface area contributed by atoms with E-state index in [1.807, 2.05) is 0 Å². The van der Waals surface area contributed by atoms with Gasteiger partial charge in [-0.3, -0.25) is 4.90 Å². The third kappa shape index (κ3) is 3.35. The lowest BCUT2D eigenvalue weighted by atomic mass is 9.79. The van der Waals surface area contributed by atoms with Gasteiger partial charge in [0.1, 0.15) is 5.82 Å². The van der Waals surface area contributed by atoms with Gasteiger partial charge in [-0.1, -0.05) is 26.0 Å². The van der Waals surface area contributed by atoms with Crippen molar-refractivity contribution in [3.63, 3.8) is 0 Å². The second kappa shape index (κ2) is 6.03. The zero-order chi connectivity index (χ0) is 14.0. The Morgan fingerprint density at radius 1 is 1.42 bits per heavy atom. The lowest BCUT2D eigenvalue weighted by molar-refractivity contribution is 0.199. The second-order valence-corrected chi connectivity index (χ2v) is 5.65. The van der Waals surface area contributed by atoms with E-state index in [2.05, 4.69) is 18.7 Å². The minimum atomic E-state index is -1.75. The molecule has 0 spiro atoms. The summed E-state index contributed by atoms with van der Waals surface area (Å²) in [6.45, 7) is 6.23. The van der Waals surface area contributed by atoms with Crippen LogP contribution in [0.5, 0.6) is 0 Å². The summed E-state index contributed by atoms with van der Waals surface area (Å²) < 4.78 is 13.4. The lowest BCUT2D eigenvalue weighted by Gasteiger charge is -2.27. The van der Waals surface area contributed by atoms with Crippen LogP contribution in [0.25, 0.3) is 0 Å². The first kappa shape index (κ1) is 14.5. The van der Waals surface area contributed by atoms with E-state index in [1.165, 1.54) is 18.9 Å². The van der Waals surface area contributed by atoms with E-state index < -0.39 is 12.9 Å². The Balaban J connectivity index is 2.13. The number of benzene rings is 1. The highest BCUT2D eigenvalue weighted by Gasteiger charge is 2.27. The van der Waals surface area contributed by atoms with Crippen LogP contribution in [0.4, 0.5) is 4.39 Å². The molecule has 1 fully saturated rings. The van der Waals surface area contributed by atoms with Gasteiger partial charge in [0, 0.05) is 18.0 Å². The molecule has 0 aromatic heterocycles. The van der Waals surface area contributed by atoms with Gasteiger partial charge in [-0.15, -0.1) is 0 Å². The molecule has 0 aliphatic carbocycles. The van der Waals surface area contributed by atoms with Crippen LogP contribution in [0, 0.1) is 11.7 Å². The van der Waals surface area contributed by atoms with E-state index in [1.54, 1.807) is 12.1 Å². The van der Waals surface area contributed by atoms with Crippen molar-refractivity contribution in [2.75, 3.05) is 6.54 Å².